The molecular weight excluding hydrogens is 431 g/mol. The maximum absolute atomic E-state index is 12.9. The van der Waals surface area contributed by atoms with E-state index < -0.39 is 17.5 Å². The van der Waals surface area contributed by atoms with Crippen molar-refractivity contribution in [3.63, 3.8) is 0 Å². The standard InChI is InChI=1S/C20H18F3N5O2S/c21-20(22,23)15-5-8-25-18(28-15)27-13-3-1-2-12(10-13)14-11-26-17(31-14)19(30)6-4-16(29)24-9-7-19/h1-3,5,8,10-11,30H,4,6-7,9H2,(H,24,29)(H,25,27,28). The molecular formula is C20H18F3N5O2S. The molecule has 4 rings (SSSR count). The van der Waals surface area contributed by atoms with Crippen molar-refractivity contribution in [2.75, 3.05) is 11.9 Å². The lowest BCUT2D eigenvalue weighted by molar-refractivity contribution is -0.141. The number of hydrogen-bond acceptors (Lipinski definition) is 7. The first-order valence-corrected chi connectivity index (χ1v) is 10.3. The molecule has 0 bridgehead atoms. The highest BCUT2D eigenvalue weighted by molar-refractivity contribution is 7.15. The van der Waals surface area contributed by atoms with Crippen molar-refractivity contribution >= 4 is 28.9 Å². The summed E-state index contributed by atoms with van der Waals surface area (Å²) in [5.41, 5.74) is -0.927. The first-order valence-electron chi connectivity index (χ1n) is 9.46. The van der Waals surface area contributed by atoms with Gasteiger partial charge < -0.3 is 15.7 Å². The summed E-state index contributed by atoms with van der Waals surface area (Å²) in [4.78, 5) is 24.1. The minimum Gasteiger partial charge on any atom is -0.383 e. The van der Waals surface area contributed by atoms with Crippen molar-refractivity contribution in [1.29, 1.82) is 0 Å². The molecule has 1 fully saturated rings. The highest BCUT2D eigenvalue weighted by Crippen LogP contribution is 2.38. The van der Waals surface area contributed by atoms with Crippen LogP contribution in [0.15, 0.2) is 42.7 Å². The van der Waals surface area contributed by atoms with Gasteiger partial charge in [-0.2, -0.15) is 13.2 Å². The van der Waals surface area contributed by atoms with Crippen molar-refractivity contribution in [1.82, 2.24) is 20.3 Å². The number of nitrogens with one attached hydrogen (secondary N) is 2. The largest absolute Gasteiger partial charge is 0.433 e. The number of aliphatic hydroxyl groups is 1. The van der Waals surface area contributed by atoms with Gasteiger partial charge in [-0.05, 0) is 30.2 Å². The van der Waals surface area contributed by atoms with Crippen LogP contribution < -0.4 is 10.6 Å². The van der Waals surface area contributed by atoms with Crippen LogP contribution in [0.4, 0.5) is 24.8 Å². The van der Waals surface area contributed by atoms with Crippen molar-refractivity contribution < 1.29 is 23.1 Å². The fourth-order valence-electron chi connectivity index (χ4n) is 3.24. The zero-order valence-corrected chi connectivity index (χ0v) is 16.9. The molecule has 0 aliphatic carbocycles. The van der Waals surface area contributed by atoms with E-state index in [0.29, 0.717) is 30.1 Å². The Bertz CT molecular complexity index is 1100. The lowest BCUT2D eigenvalue weighted by Crippen LogP contribution is -2.27. The van der Waals surface area contributed by atoms with Crippen LogP contribution in [0.5, 0.6) is 0 Å². The molecule has 3 heterocycles. The van der Waals surface area contributed by atoms with Gasteiger partial charge in [0.25, 0.3) is 0 Å². The van der Waals surface area contributed by atoms with Gasteiger partial charge in [-0.1, -0.05) is 12.1 Å². The molecule has 2 aromatic heterocycles. The molecule has 11 heteroatoms. The Labute approximate surface area is 179 Å². The molecule has 1 atom stereocenters. The van der Waals surface area contributed by atoms with E-state index in [1.54, 1.807) is 24.4 Å². The average molecular weight is 449 g/mol. The number of nitrogens with zero attached hydrogens (tertiary/aromatic N) is 3. The molecule has 0 radical (unpaired) electrons. The number of halogens is 3. The molecule has 7 nitrogen and oxygen atoms in total. The zero-order valence-electron chi connectivity index (χ0n) is 16.1. The van der Waals surface area contributed by atoms with Crippen LogP contribution in [0.1, 0.15) is 30.0 Å². The Morgan fingerprint density at radius 1 is 1.19 bits per heavy atom. The van der Waals surface area contributed by atoms with Gasteiger partial charge in [0, 0.05) is 37.5 Å². The van der Waals surface area contributed by atoms with Crippen molar-refractivity contribution in [3.8, 4) is 10.4 Å². The third-order valence-corrected chi connectivity index (χ3v) is 6.12. The van der Waals surface area contributed by atoms with Crippen LogP contribution in [-0.4, -0.2) is 32.5 Å². The second-order valence-corrected chi connectivity index (χ2v) is 8.16. The quantitative estimate of drug-likeness (QED) is 0.560. The van der Waals surface area contributed by atoms with E-state index >= 15 is 0 Å². The number of amides is 1. The summed E-state index contributed by atoms with van der Waals surface area (Å²) < 4.78 is 38.6. The third-order valence-electron chi connectivity index (χ3n) is 4.88. The molecule has 1 aliphatic rings. The summed E-state index contributed by atoms with van der Waals surface area (Å²) in [5, 5.41) is 17.0. The Kier molecular flexibility index (Phi) is 5.63. The number of carbonyl (C=O) groups is 1. The Hall–Kier alpha value is -3.05. The number of hydrogen-bond donors (Lipinski definition) is 3. The van der Waals surface area contributed by atoms with Gasteiger partial charge >= 0.3 is 6.18 Å². The molecule has 3 N–H and O–H groups in total. The molecule has 162 valence electrons. The van der Waals surface area contributed by atoms with Crippen LogP contribution in [0.2, 0.25) is 0 Å². The summed E-state index contributed by atoms with van der Waals surface area (Å²) >= 11 is 1.31. The number of benzene rings is 1. The summed E-state index contributed by atoms with van der Waals surface area (Å²) in [5.74, 6) is -0.259. The minimum atomic E-state index is -4.56. The predicted octanol–water partition coefficient (Wildman–Crippen LogP) is 3.85. The molecule has 3 aromatic rings. The van der Waals surface area contributed by atoms with E-state index in [4.69, 9.17) is 0 Å². The molecule has 0 saturated carbocycles. The molecule has 1 aliphatic heterocycles. The van der Waals surface area contributed by atoms with Crippen molar-refractivity contribution in [2.24, 2.45) is 0 Å². The first kappa shape index (κ1) is 21.2. The average Bonchev–Trinajstić information content (AvgIpc) is 3.17. The van der Waals surface area contributed by atoms with E-state index in [0.717, 1.165) is 22.7 Å². The van der Waals surface area contributed by atoms with Crippen molar-refractivity contribution in [3.05, 3.63) is 53.4 Å². The monoisotopic (exact) mass is 449 g/mol. The van der Waals surface area contributed by atoms with Gasteiger partial charge in [0.1, 0.15) is 16.3 Å². The molecule has 1 unspecified atom stereocenters. The number of aromatic nitrogens is 3. The smallest absolute Gasteiger partial charge is 0.383 e. The lowest BCUT2D eigenvalue weighted by atomic mass is 9.96. The number of thiazole rings is 1. The molecule has 1 amide bonds. The normalized spacial score (nSPS) is 19.5. The summed E-state index contributed by atoms with van der Waals surface area (Å²) in [6.07, 6.45) is -0.983. The maximum Gasteiger partial charge on any atom is 0.433 e. The van der Waals surface area contributed by atoms with Gasteiger partial charge in [0.2, 0.25) is 11.9 Å². The molecule has 31 heavy (non-hydrogen) atoms. The highest BCUT2D eigenvalue weighted by atomic mass is 32.1. The van der Waals surface area contributed by atoms with Crippen LogP contribution >= 0.6 is 11.3 Å². The predicted molar refractivity (Wildman–Crippen MR) is 109 cm³/mol. The highest BCUT2D eigenvalue weighted by Gasteiger charge is 2.35. The lowest BCUT2D eigenvalue weighted by Gasteiger charge is -2.22. The molecule has 1 aromatic carbocycles. The molecule has 0 spiro atoms. The zero-order chi connectivity index (χ0) is 22.1. The van der Waals surface area contributed by atoms with Gasteiger partial charge in [-0.3, -0.25) is 4.79 Å². The van der Waals surface area contributed by atoms with Crippen LogP contribution in [0.3, 0.4) is 0 Å². The summed E-state index contributed by atoms with van der Waals surface area (Å²) in [7, 11) is 0. The second-order valence-electron chi connectivity index (χ2n) is 7.13. The second kappa shape index (κ2) is 8.23. The Morgan fingerprint density at radius 2 is 2.03 bits per heavy atom. The molecule has 1 saturated heterocycles. The van der Waals surface area contributed by atoms with E-state index in [1.165, 1.54) is 11.3 Å². The van der Waals surface area contributed by atoms with E-state index in [-0.39, 0.29) is 18.3 Å². The minimum absolute atomic E-state index is 0.0942. The van der Waals surface area contributed by atoms with Crippen LogP contribution in [0.25, 0.3) is 10.4 Å². The third kappa shape index (κ3) is 4.83. The first-order chi connectivity index (χ1) is 14.7. The number of anilines is 2. The van der Waals surface area contributed by atoms with E-state index in [2.05, 4.69) is 25.6 Å². The van der Waals surface area contributed by atoms with Crippen LogP contribution in [-0.2, 0) is 16.6 Å². The van der Waals surface area contributed by atoms with Gasteiger partial charge in [0.05, 0.1) is 4.88 Å². The number of carbonyl (C=O) groups excluding carboxylic acids is 1. The Balaban J connectivity index is 1.55. The SMILES string of the molecule is O=C1CCC(O)(c2ncc(-c3cccc(Nc4nccc(C(F)(F)F)n4)c3)s2)CCN1. The van der Waals surface area contributed by atoms with Gasteiger partial charge in [-0.15, -0.1) is 11.3 Å². The van der Waals surface area contributed by atoms with E-state index in [9.17, 15) is 23.1 Å². The van der Waals surface area contributed by atoms with Crippen molar-refractivity contribution in [2.45, 2.75) is 31.0 Å². The number of alkyl halides is 3. The fourth-order valence-corrected chi connectivity index (χ4v) is 4.29. The van der Waals surface area contributed by atoms with Gasteiger partial charge in [0.15, 0.2) is 0 Å². The van der Waals surface area contributed by atoms with E-state index in [1.807, 2.05) is 6.07 Å². The maximum atomic E-state index is 12.9. The topological polar surface area (TPSA) is 100 Å². The van der Waals surface area contributed by atoms with Crippen LogP contribution in [0, 0.1) is 0 Å². The summed E-state index contributed by atoms with van der Waals surface area (Å²) in [6.45, 7) is 0.376. The Morgan fingerprint density at radius 3 is 2.84 bits per heavy atom. The summed E-state index contributed by atoms with van der Waals surface area (Å²) in [6, 6.07) is 7.81. The van der Waals surface area contributed by atoms with Gasteiger partial charge in [-0.25, -0.2) is 15.0 Å². The fraction of sp³-hybridized carbons (Fsp3) is 0.300. The number of rotatable bonds is 4.